The van der Waals surface area contributed by atoms with Gasteiger partial charge in [-0.15, -0.1) is 13.2 Å². The van der Waals surface area contributed by atoms with E-state index in [9.17, 15) is 9.59 Å². The molecule has 0 amide bonds. The molecule has 1 aliphatic rings. The highest BCUT2D eigenvalue weighted by atomic mass is 16.1. The summed E-state index contributed by atoms with van der Waals surface area (Å²) in [5.74, 6) is 2.18. The molecule has 0 atom stereocenters. The summed E-state index contributed by atoms with van der Waals surface area (Å²) in [4.78, 5) is 19.4. The summed E-state index contributed by atoms with van der Waals surface area (Å²) in [7, 11) is 0. The Bertz CT molecular complexity index is 291. The highest BCUT2D eigenvalue weighted by Gasteiger charge is 2.17. The van der Waals surface area contributed by atoms with Crippen molar-refractivity contribution in [3.63, 3.8) is 0 Å². The van der Waals surface area contributed by atoms with Crippen molar-refractivity contribution in [2.45, 2.75) is 107 Å². The fraction of sp³-hybridized carbons (Fsp3) is 0.692. The number of ketones is 2. The van der Waals surface area contributed by atoms with Crippen LogP contribution in [0, 0.1) is 11.8 Å². The van der Waals surface area contributed by atoms with E-state index in [-0.39, 0.29) is 11.6 Å². The highest BCUT2D eigenvalue weighted by molar-refractivity contribution is 5.86. The smallest absolute Gasteiger partial charge is 0.152 e. The van der Waals surface area contributed by atoms with Crippen LogP contribution in [-0.2, 0) is 9.59 Å². The van der Waals surface area contributed by atoms with Crippen LogP contribution in [0.4, 0.5) is 0 Å². The van der Waals surface area contributed by atoms with Gasteiger partial charge in [-0.2, -0.15) is 0 Å². The van der Waals surface area contributed by atoms with Gasteiger partial charge in [0.25, 0.3) is 0 Å². The van der Waals surface area contributed by atoms with E-state index in [0.29, 0.717) is 0 Å². The van der Waals surface area contributed by atoms with Crippen molar-refractivity contribution in [2.75, 3.05) is 0 Å². The summed E-state index contributed by atoms with van der Waals surface area (Å²) in [5.41, 5.74) is 0. The molecule has 0 spiro atoms. The summed E-state index contributed by atoms with van der Waals surface area (Å²) in [6.07, 6.45) is 13.9. The zero-order chi connectivity index (χ0) is 23.4. The lowest BCUT2D eigenvalue weighted by Gasteiger charge is -2.26. The van der Waals surface area contributed by atoms with Crippen molar-refractivity contribution >= 4 is 11.6 Å². The zero-order valence-electron chi connectivity index (χ0n) is 20.6. The molecular formula is C26H52O2. The standard InChI is InChI=1S/C10H20.2C4H6O.2C3H8.C2H4/c1-3-9-5-7-10(4-2)8-6-9;2*1-3-4(2)5;2*1-3-2;1-2/h9-10H,3-8H2,1-2H3;2*3H,1H2,2H3;2*3H2,1-2H3;1-2H2. The van der Waals surface area contributed by atoms with E-state index < -0.39 is 0 Å². The second kappa shape index (κ2) is 36.5. The number of carbonyl (C=O) groups is 2. The van der Waals surface area contributed by atoms with E-state index in [1.54, 1.807) is 0 Å². The van der Waals surface area contributed by atoms with Crippen molar-refractivity contribution in [2.24, 2.45) is 11.8 Å². The van der Waals surface area contributed by atoms with Crippen LogP contribution >= 0.6 is 0 Å². The Morgan fingerprint density at radius 2 is 0.821 bits per heavy atom. The van der Waals surface area contributed by atoms with E-state index >= 15 is 0 Å². The molecule has 2 nitrogen and oxygen atoms in total. The third-order valence-electron chi connectivity index (χ3n) is 3.70. The van der Waals surface area contributed by atoms with Gasteiger partial charge in [-0.05, 0) is 37.8 Å². The number of hydrogen-bond donors (Lipinski definition) is 0. The highest BCUT2D eigenvalue weighted by Crippen LogP contribution is 2.31. The molecule has 0 bridgehead atoms. The fourth-order valence-corrected chi connectivity index (χ4v) is 2.05. The Kier molecular flexibility index (Phi) is 48.6. The molecule has 1 fully saturated rings. The van der Waals surface area contributed by atoms with E-state index in [1.165, 1.54) is 77.4 Å². The van der Waals surface area contributed by atoms with Gasteiger partial charge in [-0.3, -0.25) is 9.59 Å². The van der Waals surface area contributed by atoms with Crippen LogP contribution in [0.5, 0.6) is 0 Å². The molecule has 0 saturated heterocycles. The van der Waals surface area contributed by atoms with Gasteiger partial charge in [-0.25, -0.2) is 0 Å². The summed E-state index contributed by atoms with van der Waals surface area (Å²) in [6.45, 7) is 28.5. The van der Waals surface area contributed by atoms with Crippen LogP contribution in [0.3, 0.4) is 0 Å². The molecule has 0 heterocycles. The largest absolute Gasteiger partial charge is 0.295 e. The van der Waals surface area contributed by atoms with Gasteiger partial charge in [0.05, 0.1) is 0 Å². The first-order valence-corrected chi connectivity index (χ1v) is 11.0. The summed E-state index contributed by atoms with van der Waals surface area (Å²) in [6, 6.07) is 0. The van der Waals surface area contributed by atoms with Gasteiger partial charge in [0.15, 0.2) is 11.6 Å². The first kappa shape index (κ1) is 37.3. The average molecular weight is 397 g/mol. The number of carbonyl (C=O) groups excluding carboxylic acids is 2. The molecule has 2 heteroatoms. The van der Waals surface area contributed by atoms with Gasteiger partial charge in [0.1, 0.15) is 0 Å². The van der Waals surface area contributed by atoms with Gasteiger partial charge in [0.2, 0.25) is 0 Å². The third kappa shape index (κ3) is 49.7. The molecule has 0 aromatic heterocycles. The minimum absolute atomic E-state index is 0.0185. The average Bonchev–Trinajstić information content (AvgIpc) is 2.71. The minimum atomic E-state index is 0.0185. The first-order chi connectivity index (χ1) is 13.2. The van der Waals surface area contributed by atoms with Crippen LogP contribution in [0.1, 0.15) is 107 Å². The van der Waals surface area contributed by atoms with Crippen LogP contribution < -0.4 is 0 Å². The third-order valence-corrected chi connectivity index (χ3v) is 3.70. The SMILES string of the molecule is C=C.C=CC(C)=O.C=CC(C)=O.CCC.CCC.CCC1CCC(CC)CC1. The molecule has 1 saturated carbocycles. The molecule has 0 unspecified atom stereocenters. The quantitative estimate of drug-likeness (QED) is 0.351. The topological polar surface area (TPSA) is 34.1 Å². The van der Waals surface area contributed by atoms with E-state index in [2.05, 4.69) is 67.9 Å². The predicted molar refractivity (Wildman–Crippen MR) is 131 cm³/mol. The molecule has 28 heavy (non-hydrogen) atoms. The maximum Gasteiger partial charge on any atom is 0.152 e. The van der Waals surface area contributed by atoms with Gasteiger partial charge < -0.3 is 0 Å². The predicted octanol–water partition coefficient (Wildman–Crippen LogP) is 8.77. The molecule has 1 rings (SSSR count). The molecule has 0 aliphatic heterocycles. The van der Waals surface area contributed by atoms with Crippen molar-refractivity contribution < 1.29 is 9.59 Å². The molecule has 1 aliphatic carbocycles. The maximum atomic E-state index is 9.69. The Balaban J connectivity index is -0.0000000845. The number of hydrogen-bond acceptors (Lipinski definition) is 2. The molecular weight excluding hydrogens is 344 g/mol. The normalized spacial score (nSPS) is 16.0. The Hall–Kier alpha value is -1.44. The van der Waals surface area contributed by atoms with Gasteiger partial charge >= 0.3 is 0 Å². The summed E-state index contributed by atoms with van der Waals surface area (Å²) < 4.78 is 0. The fourth-order valence-electron chi connectivity index (χ4n) is 2.05. The summed E-state index contributed by atoms with van der Waals surface area (Å²) >= 11 is 0. The van der Waals surface area contributed by atoms with Gasteiger partial charge in [-0.1, -0.05) is 106 Å². The Morgan fingerprint density at radius 3 is 0.893 bits per heavy atom. The molecule has 0 radical (unpaired) electrons. The van der Waals surface area contributed by atoms with Crippen LogP contribution in [0.25, 0.3) is 0 Å². The zero-order valence-corrected chi connectivity index (χ0v) is 20.6. The van der Waals surface area contributed by atoms with Crippen molar-refractivity contribution in [3.05, 3.63) is 38.5 Å². The maximum absolute atomic E-state index is 9.69. The number of rotatable bonds is 4. The summed E-state index contributed by atoms with van der Waals surface area (Å²) in [5, 5.41) is 0. The Morgan fingerprint density at radius 1 is 0.679 bits per heavy atom. The van der Waals surface area contributed by atoms with E-state index in [0.717, 1.165) is 11.8 Å². The van der Waals surface area contributed by atoms with Crippen LogP contribution in [-0.4, -0.2) is 11.6 Å². The van der Waals surface area contributed by atoms with Crippen molar-refractivity contribution in [3.8, 4) is 0 Å². The number of allylic oxidation sites excluding steroid dienone is 2. The van der Waals surface area contributed by atoms with Crippen LogP contribution in [0.2, 0.25) is 0 Å². The van der Waals surface area contributed by atoms with Crippen molar-refractivity contribution in [1.29, 1.82) is 0 Å². The van der Waals surface area contributed by atoms with Gasteiger partial charge in [0, 0.05) is 0 Å². The van der Waals surface area contributed by atoms with E-state index in [1.807, 2.05) is 0 Å². The monoisotopic (exact) mass is 396 g/mol. The molecule has 168 valence electrons. The minimum Gasteiger partial charge on any atom is -0.295 e. The lowest BCUT2D eigenvalue weighted by atomic mass is 9.80. The first-order valence-electron chi connectivity index (χ1n) is 11.0. The Labute approximate surface area is 178 Å². The molecule has 0 aromatic rings. The van der Waals surface area contributed by atoms with Crippen LogP contribution in [0.15, 0.2) is 38.5 Å². The molecule has 0 aromatic carbocycles. The molecule has 0 N–H and O–H groups in total. The lowest BCUT2D eigenvalue weighted by Crippen LogP contribution is -2.12. The lowest BCUT2D eigenvalue weighted by molar-refractivity contribution is -0.113. The second-order valence-corrected chi connectivity index (χ2v) is 6.75. The second-order valence-electron chi connectivity index (χ2n) is 6.75. The van der Waals surface area contributed by atoms with Crippen molar-refractivity contribution in [1.82, 2.24) is 0 Å². The van der Waals surface area contributed by atoms with E-state index in [4.69, 9.17) is 0 Å².